The highest BCUT2D eigenvalue weighted by atomic mass is 19.4. The lowest BCUT2D eigenvalue weighted by molar-refractivity contribution is -0.398. The van der Waals surface area contributed by atoms with Crippen molar-refractivity contribution in [3.05, 3.63) is 76.9 Å². The Morgan fingerprint density at radius 2 is 1.32 bits per heavy atom. The molecule has 2 nitrogen and oxygen atoms in total. The first-order valence-corrected chi connectivity index (χ1v) is 11.3. The molecule has 1 aliphatic rings. The number of hydrogen-bond donors (Lipinski definition) is 0. The molecule has 1 unspecified atom stereocenters. The number of hydrogen-bond acceptors (Lipinski definition) is 1. The van der Waals surface area contributed by atoms with Gasteiger partial charge in [0.1, 0.15) is 0 Å². The summed E-state index contributed by atoms with van der Waals surface area (Å²) >= 11 is 0. The Bertz CT molecular complexity index is 1170. The third kappa shape index (κ3) is 4.72. The molecular formula is C26H24F9NO. The molecule has 1 atom stereocenters. The second kappa shape index (κ2) is 9.40. The van der Waals surface area contributed by atoms with Crippen LogP contribution in [0.4, 0.5) is 39.5 Å². The zero-order valence-corrected chi connectivity index (χ0v) is 20.1. The van der Waals surface area contributed by atoms with Gasteiger partial charge in [-0.25, -0.2) is 0 Å². The molecule has 0 N–H and O–H groups in total. The van der Waals surface area contributed by atoms with Crippen LogP contribution >= 0.6 is 0 Å². The Kier molecular flexibility index (Phi) is 7.26. The Morgan fingerprint density at radius 3 is 1.81 bits per heavy atom. The second-order valence-electron chi connectivity index (χ2n) is 9.26. The van der Waals surface area contributed by atoms with Crippen LogP contribution in [-0.4, -0.2) is 34.8 Å². The molecule has 1 heterocycles. The van der Waals surface area contributed by atoms with Crippen LogP contribution in [0.15, 0.2) is 60.2 Å². The predicted octanol–water partition coefficient (Wildman–Crippen LogP) is 7.89. The lowest BCUT2D eigenvalue weighted by Crippen LogP contribution is -2.62. The predicted molar refractivity (Wildman–Crippen MR) is 119 cm³/mol. The van der Waals surface area contributed by atoms with E-state index < -0.39 is 41.7 Å². The van der Waals surface area contributed by atoms with Gasteiger partial charge in [0, 0.05) is 6.42 Å². The Labute approximate surface area is 207 Å². The van der Waals surface area contributed by atoms with Crippen molar-refractivity contribution in [1.29, 1.82) is 0 Å². The topological polar surface area (TPSA) is 20.3 Å². The van der Waals surface area contributed by atoms with Gasteiger partial charge in [0.25, 0.3) is 0 Å². The largest absolute Gasteiger partial charge is 0.460 e. The Hall–Kier alpha value is -2.98. The van der Waals surface area contributed by atoms with Crippen molar-refractivity contribution in [1.82, 2.24) is 4.90 Å². The zero-order valence-electron chi connectivity index (χ0n) is 20.1. The fraction of sp³-hybridized carbons (Fsp3) is 0.423. The number of alkyl halides is 9. The number of amides is 1. The van der Waals surface area contributed by atoms with E-state index >= 15 is 0 Å². The van der Waals surface area contributed by atoms with Gasteiger partial charge in [-0.05, 0) is 42.5 Å². The summed E-state index contributed by atoms with van der Waals surface area (Å²) in [6.07, 6.45) is -8.53. The van der Waals surface area contributed by atoms with Crippen LogP contribution in [0.3, 0.4) is 0 Å². The van der Waals surface area contributed by atoms with Gasteiger partial charge >= 0.3 is 23.9 Å². The van der Waals surface area contributed by atoms with Gasteiger partial charge in [-0.3, -0.25) is 4.79 Å². The standard InChI is InChI=1S/C26H24F9NO/c1-4-17-10-12-19(13-11-17)20-16(2)22(3,21(37)36(20)14-18-8-6-5-7-9-18)15-23(27,28)24(29,30)25(31,32)26(33,34)35/h5-13H,4,14-15H2,1-3H3. The molecule has 1 aliphatic heterocycles. The maximum absolute atomic E-state index is 14.7. The van der Waals surface area contributed by atoms with Gasteiger partial charge in [-0.15, -0.1) is 0 Å². The maximum Gasteiger partial charge on any atom is 0.460 e. The van der Waals surface area contributed by atoms with E-state index in [4.69, 9.17) is 0 Å². The highest BCUT2D eigenvalue weighted by molar-refractivity contribution is 6.00. The minimum atomic E-state index is -7.03. The van der Waals surface area contributed by atoms with E-state index in [-0.39, 0.29) is 17.8 Å². The monoisotopic (exact) mass is 537 g/mol. The molecule has 0 spiro atoms. The summed E-state index contributed by atoms with van der Waals surface area (Å²) in [6.45, 7) is 3.78. The van der Waals surface area contributed by atoms with Gasteiger partial charge in [-0.2, -0.15) is 39.5 Å². The molecule has 0 fully saturated rings. The molecule has 0 aromatic heterocycles. The van der Waals surface area contributed by atoms with E-state index in [0.717, 1.165) is 17.4 Å². The lowest BCUT2D eigenvalue weighted by Gasteiger charge is -2.37. The van der Waals surface area contributed by atoms with E-state index in [1.165, 1.54) is 6.92 Å². The van der Waals surface area contributed by atoms with E-state index in [0.29, 0.717) is 17.5 Å². The maximum atomic E-state index is 14.7. The molecular weight excluding hydrogens is 513 g/mol. The highest BCUT2D eigenvalue weighted by Crippen LogP contribution is 2.58. The summed E-state index contributed by atoms with van der Waals surface area (Å²) in [6, 6.07) is 14.9. The van der Waals surface area contributed by atoms with Crippen LogP contribution in [0.1, 0.15) is 43.9 Å². The van der Waals surface area contributed by atoms with Gasteiger partial charge in [0.2, 0.25) is 5.91 Å². The quantitative estimate of drug-likeness (QED) is 0.314. The summed E-state index contributed by atoms with van der Waals surface area (Å²) in [5, 5.41) is 0. The molecule has 202 valence electrons. The van der Waals surface area contributed by atoms with Crippen molar-refractivity contribution in [2.75, 3.05) is 0 Å². The van der Waals surface area contributed by atoms with Crippen molar-refractivity contribution in [3.63, 3.8) is 0 Å². The second-order valence-corrected chi connectivity index (χ2v) is 9.26. The van der Waals surface area contributed by atoms with E-state index in [2.05, 4.69) is 0 Å². The third-order valence-corrected chi connectivity index (χ3v) is 6.77. The van der Waals surface area contributed by atoms with E-state index in [1.807, 2.05) is 6.92 Å². The molecule has 3 rings (SSSR count). The van der Waals surface area contributed by atoms with Crippen LogP contribution in [0.5, 0.6) is 0 Å². The molecule has 0 aliphatic carbocycles. The fourth-order valence-electron chi connectivity index (χ4n) is 4.38. The molecule has 2 aromatic carbocycles. The van der Waals surface area contributed by atoms with Gasteiger partial charge in [0.05, 0.1) is 17.7 Å². The minimum absolute atomic E-state index is 0.0979. The summed E-state index contributed by atoms with van der Waals surface area (Å²) in [4.78, 5) is 14.6. The number of halogens is 9. The average molecular weight is 537 g/mol. The first kappa shape index (κ1) is 28.6. The van der Waals surface area contributed by atoms with Crippen molar-refractivity contribution >= 4 is 11.6 Å². The molecule has 11 heteroatoms. The smallest absolute Gasteiger partial charge is 0.307 e. The van der Waals surface area contributed by atoms with Crippen LogP contribution in [0, 0.1) is 5.41 Å². The summed E-state index contributed by atoms with van der Waals surface area (Å²) in [5.41, 5.74) is -0.717. The van der Waals surface area contributed by atoms with Crippen molar-refractivity contribution in [3.8, 4) is 0 Å². The number of benzene rings is 2. The SMILES string of the molecule is CCc1ccc(C2=C(C)C(C)(CC(F)(F)C(F)(F)C(F)(F)C(F)(F)F)C(=O)N2Cc2ccccc2)cc1. The van der Waals surface area contributed by atoms with Crippen LogP contribution in [-0.2, 0) is 17.8 Å². The number of carbonyl (C=O) groups is 1. The summed E-state index contributed by atoms with van der Waals surface area (Å²) in [5.74, 6) is -20.8. The van der Waals surface area contributed by atoms with Gasteiger partial charge in [0.15, 0.2) is 0 Å². The zero-order chi connectivity index (χ0) is 28.0. The molecule has 0 radical (unpaired) electrons. The number of carbonyl (C=O) groups excluding carboxylic acids is 1. The first-order chi connectivity index (χ1) is 16.9. The lowest BCUT2D eigenvalue weighted by atomic mass is 9.76. The van der Waals surface area contributed by atoms with Crippen molar-refractivity contribution in [2.24, 2.45) is 5.41 Å². The van der Waals surface area contributed by atoms with Crippen LogP contribution in [0.25, 0.3) is 5.70 Å². The number of aryl methyl sites for hydroxylation is 1. The van der Waals surface area contributed by atoms with Crippen LogP contribution in [0.2, 0.25) is 0 Å². The van der Waals surface area contributed by atoms with Crippen molar-refractivity contribution < 1.29 is 44.3 Å². The minimum Gasteiger partial charge on any atom is -0.307 e. The number of rotatable bonds is 8. The molecule has 2 aromatic rings. The van der Waals surface area contributed by atoms with E-state index in [1.54, 1.807) is 54.6 Å². The Morgan fingerprint density at radius 1 is 0.784 bits per heavy atom. The number of nitrogens with zero attached hydrogens (tertiary/aromatic N) is 1. The third-order valence-electron chi connectivity index (χ3n) is 6.77. The Balaban J connectivity index is 2.12. The van der Waals surface area contributed by atoms with Gasteiger partial charge < -0.3 is 4.90 Å². The molecule has 0 saturated heterocycles. The van der Waals surface area contributed by atoms with Crippen LogP contribution < -0.4 is 0 Å². The van der Waals surface area contributed by atoms with Crippen molar-refractivity contribution in [2.45, 2.75) is 64.1 Å². The normalized spacial score (nSPS) is 19.7. The average Bonchev–Trinajstić information content (AvgIpc) is 2.99. The fourth-order valence-corrected chi connectivity index (χ4v) is 4.38. The molecule has 1 amide bonds. The van der Waals surface area contributed by atoms with E-state index in [9.17, 15) is 44.3 Å². The van der Waals surface area contributed by atoms with Gasteiger partial charge in [-0.1, -0.05) is 61.5 Å². The molecule has 0 saturated carbocycles. The summed E-state index contributed by atoms with van der Waals surface area (Å²) < 4.78 is 123. The summed E-state index contributed by atoms with van der Waals surface area (Å²) in [7, 11) is 0. The highest BCUT2D eigenvalue weighted by Gasteiger charge is 2.82. The first-order valence-electron chi connectivity index (χ1n) is 11.3. The molecule has 37 heavy (non-hydrogen) atoms. The molecule has 0 bridgehead atoms.